The normalized spacial score (nSPS) is 16.9. The summed E-state index contributed by atoms with van der Waals surface area (Å²) in [7, 11) is -3.48. The summed E-state index contributed by atoms with van der Waals surface area (Å²) in [5, 5.41) is 0.636. The van der Waals surface area contributed by atoms with Crippen molar-refractivity contribution in [3.63, 3.8) is 0 Å². The van der Waals surface area contributed by atoms with E-state index in [1.165, 1.54) is 22.5 Å². The fourth-order valence-corrected chi connectivity index (χ4v) is 3.55. The molecule has 0 unspecified atom stereocenters. The molecule has 1 aliphatic rings. The third-order valence-electron chi connectivity index (χ3n) is 2.26. The molecule has 0 saturated heterocycles. The molecule has 1 aromatic rings. The molecule has 0 N–H and O–H groups in total. The molecule has 0 saturated carbocycles. The number of hydrogen-bond acceptors (Lipinski definition) is 2. The minimum absolute atomic E-state index is 0.133. The van der Waals surface area contributed by atoms with E-state index in [2.05, 4.69) is 0 Å². The quantitative estimate of drug-likeness (QED) is 0.780. The van der Waals surface area contributed by atoms with Crippen LogP contribution < -0.4 is 0 Å². The minimum atomic E-state index is -3.48. The van der Waals surface area contributed by atoms with Crippen LogP contribution in [-0.2, 0) is 10.0 Å². The van der Waals surface area contributed by atoms with Gasteiger partial charge in [0.2, 0.25) is 10.0 Å². The third kappa shape index (κ3) is 2.25. The lowest BCUT2D eigenvalue weighted by molar-refractivity contribution is 0.488. The third-order valence-corrected chi connectivity index (χ3v) is 4.50. The Balaban J connectivity index is 2.43. The molecule has 2 rings (SSSR count). The Labute approximate surface area is 104 Å². The van der Waals surface area contributed by atoms with Gasteiger partial charge in [0.15, 0.2) is 0 Å². The smallest absolute Gasteiger partial charge is 0.207 e. The Hall–Kier alpha value is -0.550. The van der Waals surface area contributed by atoms with Gasteiger partial charge in [-0.1, -0.05) is 35.4 Å². The Morgan fingerprint density at radius 1 is 1.00 bits per heavy atom. The maximum absolute atomic E-state index is 12.1. The summed E-state index contributed by atoms with van der Waals surface area (Å²) >= 11 is 11.6. The molecular weight excluding hydrogens is 269 g/mol. The first-order valence-electron chi connectivity index (χ1n) is 4.61. The van der Waals surface area contributed by atoms with Gasteiger partial charge >= 0.3 is 0 Å². The monoisotopic (exact) mass is 277 g/mol. The summed E-state index contributed by atoms with van der Waals surface area (Å²) in [6.07, 6.45) is 3.62. The van der Waals surface area contributed by atoms with E-state index in [0.717, 1.165) is 0 Å². The van der Waals surface area contributed by atoms with Gasteiger partial charge < -0.3 is 0 Å². The summed E-state index contributed by atoms with van der Waals surface area (Å²) in [6.45, 7) is 0.791. The molecule has 0 fully saturated rings. The standard InChI is InChI=1S/C10H9Cl2NO2S/c11-8-5-9(12)7-10(6-8)16(14,15)13-3-1-2-4-13/h1-2,5-7H,3-4H2. The fraction of sp³-hybridized carbons (Fsp3) is 0.200. The van der Waals surface area contributed by atoms with E-state index >= 15 is 0 Å². The molecule has 0 aromatic heterocycles. The number of sulfonamides is 1. The SMILES string of the molecule is O=S(=O)(c1cc(Cl)cc(Cl)c1)N1CC=CC1. The van der Waals surface area contributed by atoms with Crippen LogP contribution in [0.4, 0.5) is 0 Å². The highest BCUT2D eigenvalue weighted by molar-refractivity contribution is 7.89. The Kier molecular flexibility index (Phi) is 3.26. The lowest BCUT2D eigenvalue weighted by Gasteiger charge is -2.15. The molecule has 1 heterocycles. The molecule has 86 valence electrons. The van der Waals surface area contributed by atoms with E-state index in [1.807, 2.05) is 12.2 Å². The average Bonchev–Trinajstić information content (AvgIpc) is 2.69. The molecule has 0 radical (unpaired) electrons. The fourth-order valence-electron chi connectivity index (χ4n) is 1.48. The van der Waals surface area contributed by atoms with Crippen molar-refractivity contribution in [2.45, 2.75) is 4.90 Å². The minimum Gasteiger partial charge on any atom is -0.207 e. The second kappa shape index (κ2) is 4.37. The zero-order valence-corrected chi connectivity index (χ0v) is 10.6. The Morgan fingerprint density at radius 3 is 2.00 bits per heavy atom. The van der Waals surface area contributed by atoms with Gasteiger partial charge in [0, 0.05) is 23.1 Å². The summed E-state index contributed by atoms with van der Waals surface area (Å²) in [5.41, 5.74) is 0. The maximum atomic E-state index is 12.1. The van der Waals surface area contributed by atoms with Crippen molar-refractivity contribution in [2.24, 2.45) is 0 Å². The lowest BCUT2D eigenvalue weighted by atomic mass is 10.4. The van der Waals surface area contributed by atoms with Crippen LogP contribution in [0.25, 0.3) is 0 Å². The van der Waals surface area contributed by atoms with E-state index in [1.54, 1.807) is 0 Å². The lowest BCUT2D eigenvalue weighted by Crippen LogP contribution is -2.28. The largest absolute Gasteiger partial charge is 0.243 e. The summed E-state index contributed by atoms with van der Waals surface area (Å²) in [4.78, 5) is 0.133. The number of nitrogens with zero attached hydrogens (tertiary/aromatic N) is 1. The van der Waals surface area contributed by atoms with Crippen LogP contribution in [0.5, 0.6) is 0 Å². The Bertz CT molecular complexity index is 512. The second-order valence-corrected chi connectivity index (χ2v) is 6.21. The number of benzene rings is 1. The van der Waals surface area contributed by atoms with Gasteiger partial charge in [-0.2, -0.15) is 4.31 Å². The molecule has 0 atom stereocenters. The predicted molar refractivity (Wildman–Crippen MR) is 64.4 cm³/mol. The molecule has 6 heteroatoms. The highest BCUT2D eigenvalue weighted by Crippen LogP contribution is 2.25. The van der Waals surface area contributed by atoms with Gasteiger partial charge in [0.05, 0.1) is 4.90 Å². The highest BCUT2D eigenvalue weighted by Gasteiger charge is 2.25. The van der Waals surface area contributed by atoms with E-state index in [4.69, 9.17) is 23.2 Å². The summed E-state index contributed by atoms with van der Waals surface area (Å²) < 4.78 is 25.6. The van der Waals surface area contributed by atoms with Gasteiger partial charge in [-0.3, -0.25) is 0 Å². The van der Waals surface area contributed by atoms with Gasteiger partial charge in [-0.15, -0.1) is 0 Å². The van der Waals surface area contributed by atoms with Gasteiger partial charge in [-0.25, -0.2) is 8.42 Å². The van der Waals surface area contributed by atoms with Gasteiger partial charge in [0.1, 0.15) is 0 Å². The van der Waals surface area contributed by atoms with E-state index in [-0.39, 0.29) is 4.90 Å². The van der Waals surface area contributed by atoms with Crippen molar-refractivity contribution in [3.05, 3.63) is 40.4 Å². The zero-order valence-electron chi connectivity index (χ0n) is 8.23. The first-order valence-corrected chi connectivity index (χ1v) is 6.81. The zero-order chi connectivity index (χ0) is 11.8. The molecule has 0 bridgehead atoms. The van der Waals surface area contributed by atoms with Crippen LogP contribution >= 0.6 is 23.2 Å². The highest BCUT2D eigenvalue weighted by atomic mass is 35.5. The first-order chi connectivity index (χ1) is 7.50. The van der Waals surface area contributed by atoms with Crippen molar-refractivity contribution in [2.75, 3.05) is 13.1 Å². The van der Waals surface area contributed by atoms with Crippen molar-refractivity contribution in [3.8, 4) is 0 Å². The van der Waals surface area contributed by atoms with E-state index < -0.39 is 10.0 Å². The predicted octanol–water partition coefficient (Wildman–Crippen LogP) is 2.55. The first kappa shape index (κ1) is 11.9. The van der Waals surface area contributed by atoms with Crippen molar-refractivity contribution in [1.29, 1.82) is 0 Å². The van der Waals surface area contributed by atoms with Crippen LogP contribution in [0.3, 0.4) is 0 Å². The molecule has 1 aromatic carbocycles. The number of halogens is 2. The van der Waals surface area contributed by atoms with Crippen molar-refractivity contribution >= 4 is 33.2 Å². The van der Waals surface area contributed by atoms with Crippen LogP contribution in [0, 0.1) is 0 Å². The molecule has 0 amide bonds. The topological polar surface area (TPSA) is 37.4 Å². The van der Waals surface area contributed by atoms with E-state index in [9.17, 15) is 8.42 Å². The van der Waals surface area contributed by atoms with Crippen molar-refractivity contribution in [1.82, 2.24) is 4.31 Å². The summed E-state index contributed by atoms with van der Waals surface area (Å²) in [6, 6.07) is 4.31. The second-order valence-electron chi connectivity index (χ2n) is 3.40. The number of rotatable bonds is 2. The molecule has 0 aliphatic carbocycles. The average molecular weight is 278 g/mol. The maximum Gasteiger partial charge on any atom is 0.243 e. The van der Waals surface area contributed by atoms with Crippen LogP contribution in [0.2, 0.25) is 10.0 Å². The number of hydrogen-bond donors (Lipinski definition) is 0. The van der Waals surface area contributed by atoms with Crippen molar-refractivity contribution < 1.29 is 8.42 Å². The molecule has 16 heavy (non-hydrogen) atoms. The van der Waals surface area contributed by atoms with Crippen LogP contribution in [0.1, 0.15) is 0 Å². The van der Waals surface area contributed by atoms with Gasteiger partial charge in [-0.05, 0) is 18.2 Å². The van der Waals surface area contributed by atoms with Crippen LogP contribution in [0.15, 0.2) is 35.2 Å². The Morgan fingerprint density at radius 2 is 1.50 bits per heavy atom. The molecular formula is C10H9Cl2NO2S. The summed E-state index contributed by atoms with van der Waals surface area (Å²) in [5.74, 6) is 0. The molecule has 1 aliphatic heterocycles. The molecule has 0 spiro atoms. The van der Waals surface area contributed by atoms with Gasteiger partial charge in [0.25, 0.3) is 0 Å². The van der Waals surface area contributed by atoms with Crippen LogP contribution in [-0.4, -0.2) is 25.8 Å². The van der Waals surface area contributed by atoms with E-state index in [0.29, 0.717) is 23.1 Å². The molecule has 3 nitrogen and oxygen atoms in total.